The molecular formula is C36H32Ti. The maximum absolute atomic E-state index is 3.28. The van der Waals surface area contributed by atoms with E-state index < -0.39 is 0 Å². The summed E-state index contributed by atoms with van der Waals surface area (Å²) in [5.74, 6) is 0. The summed E-state index contributed by atoms with van der Waals surface area (Å²) in [7, 11) is 0. The van der Waals surface area contributed by atoms with Crippen LogP contribution in [0.3, 0.4) is 0 Å². The zero-order valence-corrected chi connectivity index (χ0v) is 23.2. The van der Waals surface area contributed by atoms with Gasteiger partial charge in [-0.1, -0.05) is 63.1 Å². The first-order valence-electron chi connectivity index (χ1n) is 12.2. The molecule has 4 aromatic rings. The van der Waals surface area contributed by atoms with Gasteiger partial charge in [0.2, 0.25) is 0 Å². The molecule has 0 aromatic heterocycles. The van der Waals surface area contributed by atoms with E-state index in [2.05, 4.69) is 123 Å². The molecule has 2 aliphatic rings. The van der Waals surface area contributed by atoms with Gasteiger partial charge in [0.05, 0.1) is 0 Å². The van der Waals surface area contributed by atoms with Gasteiger partial charge in [-0.15, -0.1) is 47.5 Å². The number of rotatable bonds is 2. The van der Waals surface area contributed by atoms with Crippen molar-refractivity contribution >= 4 is 11.1 Å². The minimum absolute atomic E-state index is 0. The molecule has 0 amide bonds. The van der Waals surface area contributed by atoms with Crippen LogP contribution in [0.15, 0.2) is 133 Å². The van der Waals surface area contributed by atoms with Crippen LogP contribution < -0.4 is 0 Å². The van der Waals surface area contributed by atoms with Crippen molar-refractivity contribution in [2.45, 2.75) is 26.7 Å². The van der Waals surface area contributed by atoms with Gasteiger partial charge < -0.3 is 0 Å². The van der Waals surface area contributed by atoms with Crippen LogP contribution in [0, 0.1) is 38.1 Å². The fraction of sp³-hybridized carbons (Fsp3) is 0.111. The van der Waals surface area contributed by atoms with E-state index in [9.17, 15) is 0 Å². The van der Waals surface area contributed by atoms with E-state index in [4.69, 9.17) is 0 Å². The molecule has 1 heteroatoms. The Morgan fingerprint density at radius 3 is 1.16 bits per heavy atom. The molecule has 0 unspecified atom stereocenters. The van der Waals surface area contributed by atoms with Gasteiger partial charge in [-0.3, -0.25) is 0 Å². The van der Waals surface area contributed by atoms with Gasteiger partial charge in [0, 0.05) is 0 Å². The second-order valence-electron chi connectivity index (χ2n) is 8.29. The third-order valence-electron chi connectivity index (χ3n) is 5.28. The summed E-state index contributed by atoms with van der Waals surface area (Å²) in [6, 6.07) is 42.4. The van der Waals surface area contributed by atoms with Gasteiger partial charge in [-0.05, 0) is 0 Å². The molecular weight excluding hydrogens is 480 g/mol. The molecule has 180 valence electrons. The van der Waals surface area contributed by atoms with Crippen LogP contribution in [-0.2, 0) is 21.7 Å². The van der Waals surface area contributed by atoms with Crippen molar-refractivity contribution in [3.63, 3.8) is 0 Å². The maximum Gasteiger partial charge on any atom is 4.00 e. The largest absolute Gasteiger partial charge is 4.00 e. The minimum atomic E-state index is 0. The number of benzene rings is 4. The molecule has 0 atom stereocenters. The van der Waals surface area contributed by atoms with Crippen LogP contribution in [0.1, 0.15) is 35.1 Å². The summed E-state index contributed by atoms with van der Waals surface area (Å²) in [4.78, 5) is 0. The van der Waals surface area contributed by atoms with E-state index >= 15 is 0 Å². The monoisotopic (exact) mass is 512 g/mol. The Balaban J connectivity index is 0.000000176. The van der Waals surface area contributed by atoms with E-state index in [0.29, 0.717) is 0 Å². The maximum atomic E-state index is 3.28. The zero-order chi connectivity index (χ0) is 25.3. The average Bonchev–Trinajstić information content (AvgIpc) is 3.67. The van der Waals surface area contributed by atoms with Crippen molar-refractivity contribution in [1.82, 2.24) is 0 Å². The van der Waals surface area contributed by atoms with Crippen LogP contribution >= 0.6 is 0 Å². The standard InChI is InChI=1S/2C11H9.2C7H7.Ti/c2*1-2-6-10(7-3-1)11-8-4-5-9-11;2*1-7-5-3-2-4-6-7;/h2*1-4,6-8H,5H2;2*2-3,5-6H,1H3;/q4*-1;+4. The van der Waals surface area contributed by atoms with Gasteiger partial charge >= 0.3 is 21.7 Å². The van der Waals surface area contributed by atoms with Crippen molar-refractivity contribution in [3.8, 4) is 0 Å². The second kappa shape index (κ2) is 17.9. The minimum Gasteiger partial charge on any atom is -0.197 e. The molecule has 0 fully saturated rings. The Kier molecular flexibility index (Phi) is 14.4. The SMILES string of the molecule is Cc1c[c-]ccc1.Cc1c[c-]ccc1.[C-]1=C(c2ccccc2)C=CC1.[C-]1=C(c2ccccc2)C=CC1.[Ti+4]. The number of hydrogen-bond donors (Lipinski definition) is 0. The van der Waals surface area contributed by atoms with Crippen LogP contribution in [0.4, 0.5) is 0 Å². The fourth-order valence-electron chi connectivity index (χ4n) is 3.41. The average molecular weight is 513 g/mol. The summed E-state index contributed by atoms with van der Waals surface area (Å²) >= 11 is 0. The number of aryl methyl sites for hydroxylation is 2. The quantitative estimate of drug-likeness (QED) is 0.185. The first-order valence-corrected chi connectivity index (χ1v) is 12.2. The molecule has 0 N–H and O–H groups in total. The van der Waals surface area contributed by atoms with Crippen molar-refractivity contribution in [1.29, 1.82) is 0 Å². The molecule has 0 nitrogen and oxygen atoms in total. The van der Waals surface area contributed by atoms with Crippen LogP contribution in [-0.4, -0.2) is 0 Å². The van der Waals surface area contributed by atoms with Crippen LogP contribution in [0.25, 0.3) is 11.1 Å². The molecule has 0 saturated carbocycles. The molecule has 4 aromatic carbocycles. The molecule has 0 aliphatic heterocycles. The molecule has 0 heterocycles. The normalized spacial score (nSPS) is 12.3. The summed E-state index contributed by atoms with van der Waals surface area (Å²) in [6.45, 7) is 4.10. The summed E-state index contributed by atoms with van der Waals surface area (Å²) in [6.07, 6.45) is 17.0. The molecule has 0 saturated heterocycles. The number of allylic oxidation sites excluding steroid dienone is 8. The fourth-order valence-corrected chi connectivity index (χ4v) is 3.41. The first kappa shape index (κ1) is 29.8. The second-order valence-corrected chi connectivity index (χ2v) is 8.29. The van der Waals surface area contributed by atoms with Gasteiger partial charge in [0.1, 0.15) is 0 Å². The summed E-state index contributed by atoms with van der Waals surface area (Å²) in [5.41, 5.74) is 7.52. The van der Waals surface area contributed by atoms with Crippen molar-refractivity contribution < 1.29 is 21.7 Å². The molecule has 6 rings (SSSR count). The number of hydrogen-bond acceptors (Lipinski definition) is 0. The Morgan fingerprint density at radius 2 is 0.919 bits per heavy atom. The third-order valence-corrected chi connectivity index (χ3v) is 5.28. The molecule has 0 radical (unpaired) electrons. The molecule has 2 aliphatic carbocycles. The molecule has 37 heavy (non-hydrogen) atoms. The van der Waals surface area contributed by atoms with E-state index in [1.165, 1.54) is 33.4 Å². The van der Waals surface area contributed by atoms with Crippen molar-refractivity contribution in [2.24, 2.45) is 0 Å². The van der Waals surface area contributed by atoms with Gasteiger partial charge in [-0.2, -0.15) is 107 Å². The third kappa shape index (κ3) is 11.9. The van der Waals surface area contributed by atoms with Gasteiger partial charge in [-0.25, -0.2) is 0 Å². The Morgan fingerprint density at radius 1 is 0.514 bits per heavy atom. The van der Waals surface area contributed by atoms with E-state index in [-0.39, 0.29) is 21.7 Å². The zero-order valence-electron chi connectivity index (χ0n) is 21.6. The predicted octanol–water partition coefficient (Wildman–Crippen LogP) is 9.25. The van der Waals surface area contributed by atoms with Gasteiger partial charge in [0.25, 0.3) is 0 Å². The van der Waals surface area contributed by atoms with E-state index in [1.54, 1.807) is 0 Å². The van der Waals surface area contributed by atoms with E-state index in [1.807, 2.05) is 48.5 Å². The van der Waals surface area contributed by atoms with Crippen molar-refractivity contribution in [2.75, 3.05) is 0 Å². The topological polar surface area (TPSA) is 0 Å². The molecule has 0 spiro atoms. The Bertz CT molecular complexity index is 1150. The van der Waals surface area contributed by atoms with Gasteiger partial charge in [0.15, 0.2) is 0 Å². The van der Waals surface area contributed by atoms with E-state index in [0.717, 1.165) is 12.8 Å². The first-order chi connectivity index (χ1) is 17.7. The summed E-state index contributed by atoms with van der Waals surface area (Å²) in [5, 5.41) is 0. The summed E-state index contributed by atoms with van der Waals surface area (Å²) < 4.78 is 0. The predicted molar refractivity (Wildman–Crippen MR) is 154 cm³/mol. The van der Waals surface area contributed by atoms with Crippen molar-refractivity contribution in [3.05, 3.63) is 180 Å². The van der Waals surface area contributed by atoms with Crippen LogP contribution in [0.2, 0.25) is 0 Å². The smallest absolute Gasteiger partial charge is 0.197 e. The molecule has 0 bridgehead atoms. The van der Waals surface area contributed by atoms with Crippen LogP contribution in [0.5, 0.6) is 0 Å². The Hall–Kier alpha value is -3.45. The Labute approximate surface area is 238 Å².